The van der Waals surface area contributed by atoms with E-state index in [-0.39, 0.29) is 42.8 Å². The molecule has 36 heavy (non-hydrogen) atoms. The summed E-state index contributed by atoms with van der Waals surface area (Å²) in [5.74, 6) is -0.527. The van der Waals surface area contributed by atoms with Crippen molar-refractivity contribution in [2.75, 3.05) is 5.32 Å². The Hall–Kier alpha value is -4.21. The van der Waals surface area contributed by atoms with E-state index in [1.165, 1.54) is 8.97 Å². The summed E-state index contributed by atoms with van der Waals surface area (Å²) in [6, 6.07) is 12.4. The van der Waals surface area contributed by atoms with Crippen molar-refractivity contribution in [1.82, 2.24) is 24.1 Å². The molecule has 0 unspecified atom stereocenters. The van der Waals surface area contributed by atoms with Gasteiger partial charge in [0.1, 0.15) is 6.54 Å². The van der Waals surface area contributed by atoms with Gasteiger partial charge in [-0.15, -0.1) is 5.10 Å². The molecule has 0 aliphatic heterocycles. The van der Waals surface area contributed by atoms with E-state index in [4.69, 9.17) is 0 Å². The van der Waals surface area contributed by atoms with Crippen molar-refractivity contribution in [2.45, 2.75) is 59.7 Å². The Balaban J connectivity index is 1.73. The lowest BCUT2D eigenvalue weighted by atomic mass is 10.1. The Morgan fingerprint density at radius 1 is 1.00 bits per heavy atom. The molecule has 2 heterocycles. The largest absolute Gasteiger partial charge is 0.354 e. The molecule has 10 nitrogen and oxygen atoms in total. The van der Waals surface area contributed by atoms with Gasteiger partial charge in [-0.1, -0.05) is 37.3 Å². The molecular weight excluding hydrogens is 460 g/mol. The third-order valence-corrected chi connectivity index (χ3v) is 6.31. The van der Waals surface area contributed by atoms with Gasteiger partial charge in [0.05, 0.1) is 10.9 Å². The number of nitrogens with one attached hydrogen (secondary N) is 2. The number of nitrogens with zero attached hydrogens (tertiary/aromatic N) is 4. The van der Waals surface area contributed by atoms with Crippen LogP contribution in [0.4, 0.5) is 5.69 Å². The highest BCUT2D eigenvalue weighted by molar-refractivity contribution is 5.92. The number of carbonyl (C=O) groups excluding carboxylic acids is 2. The van der Waals surface area contributed by atoms with Crippen molar-refractivity contribution >= 4 is 34.2 Å². The Morgan fingerprint density at radius 2 is 1.69 bits per heavy atom. The number of rotatable bonds is 8. The summed E-state index contributed by atoms with van der Waals surface area (Å²) < 4.78 is 3.68. The smallest absolute Gasteiger partial charge is 0.352 e. The first kappa shape index (κ1) is 24.9. The number of benzene rings is 2. The Morgan fingerprint density at radius 3 is 2.39 bits per heavy atom. The first-order valence-corrected chi connectivity index (χ1v) is 12.0. The van der Waals surface area contributed by atoms with E-state index in [9.17, 15) is 19.2 Å². The molecule has 2 N–H and O–H groups in total. The number of hydrogen-bond acceptors (Lipinski definition) is 5. The average Bonchev–Trinajstić information content (AvgIpc) is 3.16. The summed E-state index contributed by atoms with van der Waals surface area (Å²) in [4.78, 5) is 51.8. The maximum absolute atomic E-state index is 13.3. The fourth-order valence-electron chi connectivity index (χ4n) is 4.16. The quantitative estimate of drug-likeness (QED) is 0.393. The fourth-order valence-corrected chi connectivity index (χ4v) is 4.16. The zero-order valence-electron chi connectivity index (χ0n) is 20.9. The zero-order valence-corrected chi connectivity index (χ0v) is 20.9. The van der Waals surface area contributed by atoms with Crippen LogP contribution in [0.25, 0.3) is 16.7 Å². The molecule has 0 radical (unpaired) electrons. The molecule has 0 spiro atoms. The molecule has 0 bridgehead atoms. The van der Waals surface area contributed by atoms with Crippen LogP contribution in [-0.4, -0.2) is 36.6 Å². The SMILES string of the molecule is CC[C@@H](C)NC(=O)CCn1c(=O)c2ccccc2n2c(=O)n(CC(=O)Nc3c(C)cccc3C)nc12. The van der Waals surface area contributed by atoms with Gasteiger partial charge in [-0.3, -0.25) is 19.0 Å². The maximum Gasteiger partial charge on any atom is 0.352 e. The molecule has 10 heteroatoms. The summed E-state index contributed by atoms with van der Waals surface area (Å²) in [5.41, 5.74) is 1.99. The van der Waals surface area contributed by atoms with Gasteiger partial charge >= 0.3 is 5.69 Å². The van der Waals surface area contributed by atoms with E-state index >= 15 is 0 Å². The van der Waals surface area contributed by atoms with E-state index in [1.807, 2.05) is 45.9 Å². The van der Waals surface area contributed by atoms with Crippen molar-refractivity contribution in [1.29, 1.82) is 0 Å². The van der Waals surface area contributed by atoms with Gasteiger partial charge in [0, 0.05) is 24.7 Å². The van der Waals surface area contributed by atoms with Crippen LogP contribution in [0.1, 0.15) is 37.8 Å². The molecule has 2 amide bonds. The average molecular weight is 491 g/mol. The van der Waals surface area contributed by atoms with Crippen LogP contribution in [0.15, 0.2) is 52.1 Å². The first-order valence-electron chi connectivity index (χ1n) is 12.0. The van der Waals surface area contributed by atoms with E-state index in [0.717, 1.165) is 22.2 Å². The standard InChI is InChI=1S/C26H30N6O4/c1-5-18(4)27-21(33)13-14-30-24(35)19-11-6-7-12-20(19)32-25(30)29-31(26(32)36)15-22(34)28-23-16(2)9-8-10-17(23)3/h6-12,18H,5,13-15H2,1-4H3,(H,27,33)(H,28,34)/t18-/m1/s1. The molecular formula is C26H30N6O4. The molecule has 0 fully saturated rings. The lowest BCUT2D eigenvalue weighted by molar-refractivity contribution is -0.122. The van der Waals surface area contributed by atoms with E-state index in [2.05, 4.69) is 15.7 Å². The van der Waals surface area contributed by atoms with Crippen LogP contribution < -0.4 is 21.9 Å². The van der Waals surface area contributed by atoms with Gasteiger partial charge < -0.3 is 10.6 Å². The van der Waals surface area contributed by atoms with Crippen LogP contribution in [0.2, 0.25) is 0 Å². The van der Waals surface area contributed by atoms with E-state index < -0.39 is 11.6 Å². The monoisotopic (exact) mass is 490 g/mol. The number of para-hydroxylation sites is 2. The zero-order chi connectivity index (χ0) is 26.0. The van der Waals surface area contributed by atoms with Gasteiger partial charge in [0.25, 0.3) is 5.56 Å². The lowest BCUT2D eigenvalue weighted by Crippen LogP contribution is -2.34. The number of carbonyl (C=O) groups is 2. The minimum Gasteiger partial charge on any atom is -0.354 e. The fraction of sp³-hybridized carbons (Fsp3) is 0.346. The number of amides is 2. The highest BCUT2D eigenvalue weighted by Gasteiger charge is 2.20. The summed E-state index contributed by atoms with van der Waals surface area (Å²) in [6.45, 7) is 7.37. The molecule has 188 valence electrons. The van der Waals surface area contributed by atoms with Gasteiger partial charge in [-0.05, 0) is 50.5 Å². The number of fused-ring (bicyclic) bond motifs is 3. The second-order valence-corrected chi connectivity index (χ2v) is 8.99. The van der Waals surface area contributed by atoms with Crippen molar-refractivity contribution in [3.63, 3.8) is 0 Å². The lowest BCUT2D eigenvalue weighted by Gasteiger charge is -2.13. The normalized spacial score (nSPS) is 12.1. The van der Waals surface area contributed by atoms with Gasteiger partial charge in [-0.2, -0.15) is 0 Å². The van der Waals surface area contributed by atoms with Crippen LogP contribution >= 0.6 is 0 Å². The Labute approximate surface area is 207 Å². The molecule has 4 aromatic rings. The molecule has 0 saturated carbocycles. The molecule has 0 aliphatic rings. The third kappa shape index (κ3) is 4.79. The topological polar surface area (TPSA) is 120 Å². The van der Waals surface area contributed by atoms with Crippen LogP contribution in [0.3, 0.4) is 0 Å². The highest BCUT2D eigenvalue weighted by Crippen LogP contribution is 2.19. The number of anilines is 1. The van der Waals surface area contributed by atoms with Crippen LogP contribution in [0.5, 0.6) is 0 Å². The predicted octanol–water partition coefficient (Wildman–Crippen LogP) is 2.37. The Bertz CT molecular complexity index is 1560. The second kappa shape index (κ2) is 10.2. The highest BCUT2D eigenvalue weighted by atomic mass is 16.2. The minimum atomic E-state index is -0.546. The number of aromatic nitrogens is 4. The van der Waals surface area contributed by atoms with E-state index in [1.54, 1.807) is 24.3 Å². The molecule has 1 atom stereocenters. The van der Waals surface area contributed by atoms with Crippen LogP contribution in [-0.2, 0) is 22.7 Å². The Kier molecular flexibility index (Phi) is 7.05. The summed E-state index contributed by atoms with van der Waals surface area (Å²) in [5, 5.41) is 10.4. The molecule has 2 aromatic carbocycles. The number of hydrogen-bond donors (Lipinski definition) is 2. The van der Waals surface area contributed by atoms with Crippen molar-refractivity contribution in [3.05, 3.63) is 74.4 Å². The predicted molar refractivity (Wildman–Crippen MR) is 138 cm³/mol. The molecule has 2 aromatic heterocycles. The van der Waals surface area contributed by atoms with Crippen LogP contribution in [0, 0.1) is 13.8 Å². The van der Waals surface area contributed by atoms with Crippen molar-refractivity contribution in [2.24, 2.45) is 0 Å². The molecule has 0 saturated heterocycles. The minimum absolute atomic E-state index is 0.0167. The van der Waals surface area contributed by atoms with E-state index in [0.29, 0.717) is 16.6 Å². The maximum atomic E-state index is 13.3. The van der Waals surface area contributed by atoms with Gasteiger partial charge in [0.15, 0.2) is 0 Å². The van der Waals surface area contributed by atoms with Gasteiger partial charge in [-0.25, -0.2) is 13.9 Å². The summed E-state index contributed by atoms with van der Waals surface area (Å²) in [7, 11) is 0. The summed E-state index contributed by atoms with van der Waals surface area (Å²) in [6.07, 6.45) is 0.835. The second-order valence-electron chi connectivity index (χ2n) is 8.99. The third-order valence-electron chi connectivity index (χ3n) is 6.31. The van der Waals surface area contributed by atoms with Crippen molar-refractivity contribution in [3.8, 4) is 0 Å². The first-order chi connectivity index (χ1) is 17.2. The van der Waals surface area contributed by atoms with Gasteiger partial charge in [0.2, 0.25) is 17.6 Å². The van der Waals surface area contributed by atoms with Crippen molar-refractivity contribution < 1.29 is 9.59 Å². The molecule has 0 aliphatic carbocycles. The molecule has 4 rings (SSSR count). The summed E-state index contributed by atoms with van der Waals surface area (Å²) >= 11 is 0. The number of aryl methyl sites for hydroxylation is 3.